The molecule has 1 aliphatic rings. The van der Waals surface area contributed by atoms with Gasteiger partial charge in [0, 0.05) is 18.6 Å². The maximum absolute atomic E-state index is 3.49. The first-order chi connectivity index (χ1) is 9.13. The molecule has 1 unspecified atom stereocenters. The Hall–Kier alpha value is -0.120. The first-order valence-corrected chi connectivity index (χ1v) is 8.29. The first-order valence-electron chi connectivity index (χ1n) is 8.29. The first kappa shape index (κ1) is 16.9. The Balaban J connectivity index is 2.00. The van der Waals surface area contributed by atoms with Gasteiger partial charge in [-0.05, 0) is 58.9 Å². The largest absolute Gasteiger partial charge is 0.315 e. The topological polar surface area (TPSA) is 18.5 Å². The zero-order valence-electron chi connectivity index (χ0n) is 13.6. The molecule has 3 heteroatoms. The Morgan fingerprint density at radius 2 is 2.05 bits per heavy atom. The molecule has 1 saturated heterocycles. The van der Waals surface area contributed by atoms with Gasteiger partial charge in [0.05, 0.1) is 0 Å². The molecule has 0 bridgehead atoms. The third kappa shape index (κ3) is 7.28. The van der Waals surface area contributed by atoms with E-state index in [-0.39, 0.29) is 0 Å². The van der Waals surface area contributed by atoms with Crippen LogP contribution in [0.15, 0.2) is 0 Å². The van der Waals surface area contributed by atoms with Crippen LogP contribution < -0.4 is 5.32 Å². The van der Waals surface area contributed by atoms with Gasteiger partial charge in [0.25, 0.3) is 0 Å². The maximum Gasteiger partial charge on any atom is 0.0223 e. The predicted molar refractivity (Wildman–Crippen MR) is 84.8 cm³/mol. The van der Waals surface area contributed by atoms with Crippen molar-refractivity contribution in [2.24, 2.45) is 0 Å². The van der Waals surface area contributed by atoms with Crippen molar-refractivity contribution in [3.63, 3.8) is 0 Å². The fraction of sp³-hybridized carbons (Fsp3) is 1.00. The highest BCUT2D eigenvalue weighted by Crippen LogP contribution is 2.17. The Bertz CT molecular complexity index is 218. The van der Waals surface area contributed by atoms with Crippen LogP contribution in [0.2, 0.25) is 0 Å². The SMILES string of the molecule is CCN1CCCC1CN(C)CCCCCNC(C)C. The highest BCUT2D eigenvalue weighted by atomic mass is 15.2. The molecule has 0 aromatic heterocycles. The lowest BCUT2D eigenvalue weighted by atomic mass is 10.2. The van der Waals surface area contributed by atoms with Gasteiger partial charge in [0.15, 0.2) is 0 Å². The number of hydrogen-bond acceptors (Lipinski definition) is 3. The van der Waals surface area contributed by atoms with E-state index < -0.39 is 0 Å². The van der Waals surface area contributed by atoms with Gasteiger partial charge < -0.3 is 10.2 Å². The fourth-order valence-electron chi connectivity index (χ4n) is 3.04. The van der Waals surface area contributed by atoms with Crippen molar-refractivity contribution in [2.45, 2.75) is 65.0 Å². The molecule has 1 N–H and O–H groups in total. The minimum absolute atomic E-state index is 0.630. The molecule has 19 heavy (non-hydrogen) atoms. The monoisotopic (exact) mass is 269 g/mol. The number of rotatable bonds is 10. The van der Waals surface area contributed by atoms with E-state index >= 15 is 0 Å². The molecule has 1 heterocycles. The average Bonchev–Trinajstić information content (AvgIpc) is 2.80. The van der Waals surface area contributed by atoms with Crippen molar-refractivity contribution >= 4 is 0 Å². The van der Waals surface area contributed by atoms with Crippen LogP contribution >= 0.6 is 0 Å². The van der Waals surface area contributed by atoms with E-state index in [2.05, 4.69) is 42.9 Å². The summed E-state index contributed by atoms with van der Waals surface area (Å²) in [6.07, 6.45) is 6.81. The lowest BCUT2D eigenvalue weighted by molar-refractivity contribution is 0.197. The third-order valence-corrected chi connectivity index (χ3v) is 4.20. The number of nitrogens with one attached hydrogen (secondary N) is 1. The molecule has 1 atom stereocenters. The molecule has 0 aliphatic carbocycles. The number of unbranched alkanes of at least 4 members (excludes halogenated alkanes) is 2. The van der Waals surface area contributed by atoms with Crippen molar-refractivity contribution in [1.29, 1.82) is 0 Å². The number of likely N-dealkylation sites (tertiary alicyclic amines) is 1. The number of nitrogens with zero attached hydrogens (tertiary/aromatic N) is 2. The molecule has 0 aromatic rings. The van der Waals surface area contributed by atoms with Gasteiger partial charge >= 0.3 is 0 Å². The molecule has 3 nitrogen and oxygen atoms in total. The third-order valence-electron chi connectivity index (χ3n) is 4.20. The minimum Gasteiger partial charge on any atom is -0.315 e. The van der Waals surface area contributed by atoms with Crippen LogP contribution in [0.1, 0.15) is 52.9 Å². The fourth-order valence-corrected chi connectivity index (χ4v) is 3.04. The van der Waals surface area contributed by atoms with Gasteiger partial charge in [-0.25, -0.2) is 0 Å². The summed E-state index contributed by atoms with van der Waals surface area (Å²) in [5.41, 5.74) is 0. The van der Waals surface area contributed by atoms with Crippen LogP contribution in [-0.4, -0.2) is 61.7 Å². The highest BCUT2D eigenvalue weighted by molar-refractivity contribution is 4.80. The predicted octanol–water partition coefficient (Wildman–Crippen LogP) is 2.57. The van der Waals surface area contributed by atoms with E-state index in [0.29, 0.717) is 6.04 Å². The molecule has 114 valence electrons. The summed E-state index contributed by atoms with van der Waals surface area (Å²) < 4.78 is 0. The zero-order valence-corrected chi connectivity index (χ0v) is 13.6. The summed E-state index contributed by atoms with van der Waals surface area (Å²) in [5.74, 6) is 0. The second-order valence-corrected chi connectivity index (χ2v) is 6.36. The molecule has 0 spiro atoms. The lowest BCUT2D eigenvalue weighted by Crippen LogP contribution is -2.39. The van der Waals surface area contributed by atoms with E-state index in [1.165, 1.54) is 64.8 Å². The van der Waals surface area contributed by atoms with E-state index in [1.807, 2.05) is 0 Å². The van der Waals surface area contributed by atoms with Crippen LogP contribution in [0, 0.1) is 0 Å². The Morgan fingerprint density at radius 1 is 1.26 bits per heavy atom. The summed E-state index contributed by atoms with van der Waals surface area (Å²) in [5, 5.41) is 3.49. The molecular weight excluding hydrogens is 234 g/mol. The molecule has 1 fully saturated rings. The Kier molecular flexibility index (Phi) is 8.67. The van der Waals surface area contributed by atoms with Crippen LogP contribution in [-0.2, 0) is 0 Å². The number of likely N-dealkylation sites (N-methyl/N-ethyl adjacent to an activating group) is 2. The average molecular weight is 269 g/mol. The van der Waals surface area contributed by atoms with Gasteiger partial charge in [-0.3, -0.25) is 4.90 Å². The Labute approximate surface area is 120 Å². The van der Waals surface area contributed by atoms with Crippen LogP contribution in [0.5, 0.6) is 0 Å². The van der Waals surface area contributed by atoms with Gasteiger partial charge in [-0.2, -0.15) is 0 Å². The van der Waals surface area contributed by atoms with Gasteiger partial charge in [-0.1, -0.05) is 27.2 Å². The number of hydrogen-bond donors (Lipinski definition) is 1. The van der Waals surface area contributed by atoms with Crippen LogP contribution in [0.4, 0.5) is 0 Å². The summed E-state index contributed by atoms with van der Waals surface area (Å²) in [4.78, 5) is 5.18. The summed E-state index contributed by atoms with van der Waals surface area (Å²) >= 11 is 0. The highest BCUT2D eigenvalue weighted by Gasteiger charge is 2.23. The quantitative estimate of drug-likeness (QED) is 0.615. The zero-order chi connectivity index (χ0) is 14.1. The van der Waals surface area contributed by atoms with Gasteiger partial charge in [0.2, 0.25) is 0 Å². The second-order valence-electron chi connectivity index (χ2n) is 6.36. The molecule has 0 aromatic carbocycles. The van der Waals surface area contributed by atoms with E-state index in [4.69, 9.17) is 0 Å². The molecular formula is C16H35N3. The van der Waals surface area contributed by atoms with Crippen molar-refractivity contribution in [3.05, 3.63) is 0 Å². The smallest absolute Gasteiger partial charge is 0.0223 e. The second kappa shape index (κ2) is 9.73. The normalized spacial score (nSPS) is 20.8. The van der Waals surface area contributed by atoms with Crippen molar-refractivity contribution in [3.8, 4) is 0 Å². The standard InChI is InChI=1S/C16H35N3/c1-5-19-13-9-10-16(19)14-18(4)12-8-6-7-11-17-15(2)3/h15-17H,5-14H2,1-4H3. The van der Waals surface area contributed by atoms with Gasteiger partial charge in [-0.15, -0.1) is 0 Å². The lowest BCUT2D eigenvalue weighted by Gasteiger charge is -2.27. The molecule has 1 rings (SSSR count). The summed E-state index contributed by atoms with van der Waals surface area (Å²) in [6, 6.07) is 1.45. The molecule has 0 saturated carbocycles. The van der Waals surface area contributed by atoms with Crippen LogP contribution in [0.3, 0.4) is 0 Å². The minimum atomic E-state index is 0.630. The van der Waals surface area contributed by atoms with E-state index in [0.717, 1.165) is 6.04 Å². The van der Waals surface area contributed by atoms with Crippen molar-refractivity contribution in [1.82, 2.24) is 15.1 Å². The molecule has 0 amide bonds. The molecule has 1 aliphatic heterocycles. The van der Waals surface area contributed by atoms with Crippen molar-refractivity contribution in [2.75, 3.05) is 39.8 Å². The van der Waals surface area contributed by atoms with E-state index in [1.54, 1.807) is 0 Å². The molecule has 0 radical (unpaired) electrons. The van der Waals surface area contributed by atoms with Crippen molar-refractivity contribution < 1.29 is 0 Å². The van der Waals surface area contributed by atoms with Crippen LogP contribution in [0.25, 0.3) is 0 Å². The maximum atomic E-state index is 3.49. The Morgan fingerprint density at radius 3 is 2.74 bits per heavy atom. The van der Waals surface area contributed by atoms with E-state index in [9.17, 15) is 0 Å². The van der Waals surface area contributed by atoms with Gasteiger partial charge in [0.1, 0.15) is 0 Å². The summed E-state index contributed by atoms with van der Waals surface area (Å²) in [7, 11) is 2.29. The summed E-state index contributed by atoms with van der Waals surface area (Å²) in [6.45, 7) is 13.0.